The van der Waals surface area contributed by atoms with Gasteiger partial charge >= 0.3 is 0 Å². The predicted octanol–water partition coefficient (Wildman–Crippen LogP) is 3.29. The van der Waals surface area contributed by atoms with Crippen LogP contribution in [0.1, 0.15) is 16.7 Å². The molecule has 0 aliphatic rings. The first kappa shape index (κ1) is 13.1. The number of benzene rings is 2. The van der Waals surface area contributed by atoms with Gasteiger partial charge in [0.1, 0.15) is 28.9 Å². The summed E-state index contributed by atoms with van der Waals surface area (Å²) in [5.41, 5.74) is 1.55. The molecule has 96 valence electrons. The average molecular weight is 257 g/mol. The van der Waals surface area contributed by atoms with E-state index < -0.39 is 5.82 Å². The van der Waals surface area contributed by atoms with Crippen LogP contribution in [0.2, 0.25) is 0 Å². The molecule has 0 bridgehead atoms. The fourth-order valence-electron chi connectivity index (χ4n) is 1.73. The third-order valence-electron chi connectivity index (χ3n) is 2.80. The Morgan fingerprint density at radius 1 is 1.32 bits per heavy atom. The lowest BCUT2D eigenvalue weighted by Crippen LogP contribution is -1.93. The van der Waals surface area contributed by atoms with Crippen LogP contribution in [0.25, 0.3) is 0 Å². The standard InChI is InChI=1S/C15H12FNO2/c1-10-7-12(6-5-11(10)9-18)19-15-4-2-3-14(16)13(15)8-17/h2-7,18H,9H2,1H3. The Kier molecular flexibility index (Phi) is 3.79. The number of nitrogens with zero attached hydrogens (tertiary/aromatic N) is 1. The third kappa shape index (κ3) is 2.72. The summed E-state index contributed by atoms with van der Waals surface area (Å²) in [6.07, 6.45) is 0. The molecule has 0 spiro atoms. The summed E-state index contributed by atoms with van der Waals surface area (Å²) in [5, 5.41) is 18.0. The van der Waals surface area contributed by atoms with Gasteiger partial charge in [-0.25, -0.2) is 4.39 Å². The summed E-state index contributed by atoms with van der Waals surface area (Å²) in [6, 6.07) is 11.2. The highest BCUT2D eigenvalue weighted by atomic mass is 19.1. The first-order chi connectivity index (χ1) is 9.15. The molecule has 2 aromatic rings. The summed E-state index contributed by atoms with van der Waals surface area (Å²) in [7, 11) is 0. The molecule has 0 heterocycles. The zero-order valence-electron chi connectivity index (χ0n) is 10.4. The van der Waals surface area contributed by atoms with Crippen LogP contribution in [0.15, 0.2) is 36.4 Å². The molecule has 1 N–H and O–H groups in total. The number of nitriles is 1. The van der Waals surface area contributed by atoms with Crippen molar-refractivity contribution in [3.8, 4) is 17.6 Å². The second-order valence-corrected chi connectivity index (χ2v) is 4.07. The topological polar surface area (TPSA) is 53.2 Å². The van der Waals surface area contributed by atoms with Crippen molar-refractivity contribution in [2.24, 2.45) is 0 Å². The van der Waals surface area contributed by atoms with E-state index in [9.17, 15) is 4.39 Å². The smallest absolute Gasteiger partial charge is 0.148 e. The van der Waals surface area contributed by atoms with Crippen LogP contribution in [0.5, 0.6) is 11.5 Å². The maximum atomic E-state index is 13.4. The summed E-state index contributed by atoms with van der Waals surface area (Å²) >= 11 is 0. The fourth-order valence-corrected chi connectivity index (χ4v) is 1.73. The molecule has 19 heavy (non-hydrogen) atoms. The largest absolute Gasteiger partial charge is 0.456 e. The minimum atomic E-state index is -0.608. The van der Waals surface area contributed by atoms with Crippen LogP contribution in [0.3, 0.4) is 0 Å². The van der Waals surface area contributed by atoms with Crippen LogP contribution in [0, 0.1) is 24.1 Å². The molecule has 0 saturated carbocycles. The van der Waals surface area contributed by atoms with Gasteiger partial charge in [-0.05, 0) is 42.3 Å². The van der Waals surface area contributed by atoms with Crippen molar-refractivity contribution < 1.29 is 14.2 Å². The number of hydrogen-bond donors (Lipinski definition) is 1. The minimum Gasteiger partial charge on any atom is -0.456 e. The van der Waals surface area contributed by atoms with Gasteiger partial charge in [0, 0.05) is 0 Å². The van der Waals surface area contributed by atoms with Gasteiger partial charge < -0.3 is 9.84 Å². The molecule has 2 rings (SSSR count). The zero-order chi connectivity index (χ0) is 13.8. The van der Waals surface area contributed by atoms with Gasteiger partial charge in [0.2, 0.25) is 0 Å². The van der Waals surface area contributed by atoms with Crippen LogP contribution < -0.4 is 4.74 Å². The lowest BCUT2D eigenvalue weighted by Gasteiger charge is -2.10. The predicted molar refractivity (Wildman–Crippen MR) is 68.3 cm³/mol. The lowest BCUT2D eigenvalue weighted by molar-refractivity contribution is 0.281. The summed E-state index contributed by atoms with van der Waals surface area (Å²) < 4.78 is 18.9. The number of aryl methyl sites for hydroxylation is 1. The van der Waals surface area contributed by atoms with E-state index in [2.05, 4.69) is 0 Å². The Morgan fingerprint density at radius 3 is 2.74 bits per heavy atom. The number of rotatable bonds is 3. The minimum absolute atomic E-state index is 0.0461. The Balaban J connectivity index is 2.34. The maximum Gasteiger partial charge on any atom is 0.148 e. The number of halogens is 1. The van der Waals surface area contributed by atoms with Crippen molar-refractivity contribution in [1.82, 2.24) is 0 Å². The van der Waals surface area contributed by atoms with Crippen LogP contribution in [0.4, 0.5) is 4.39 Å². The molecular weight excluding hydrogens is 245 g/mol. The van der Waals surface area contributed by atoms with Crippen molar-refractivity contribution in [1.29, 1.82) is 5.26 Å². The van der Waals surface area contributed by atoms with E-state index in [0.717, 1.165) is 11.1 Å². The van der Waals surface area contributed by atoms with Crippen molar-refractivity contribution in [2.45, 2.75) is 13.5 Å². The number of ether oxygens (including phenoxy) is 1. The average Bonchev–Trinajstić information content (AvgIpc) is 2.39. The van der Waals surface area contributed by atoms with E-state index in [1.807, 2.05) is 6.92 Å². The van der Waals surface area contributed by atoms with E-state index >= 15 is 0 Å². The zero-order valence-corrected chi connectivity index (χ0v) is 10.4. The first-order valence-electron chi connectivity index (χ1n) is 5.72. The highest BCUT2D eigenvalue weighted by Gasteiger charge is 2.10. The molecule has 0 aliphatic heterocycles. The maximum absolute atomic E-state index is 13.4. The van der Waals surface area contributed by atoms with Crippen molar-refractivity contribution in [3.63, 3.8) is 0 Å². The van der Waals surface area contributed by atoms with E-state index in [0.29, 0.717) is 5.75 Å². The second kappa shape index (κ2) is 5.51. The first-order valence-corrected chi connectivity index (χ1v) is 5.72. The van der Waals surface area contributed by atoms with Gasteiger partial charge in [-0.15, -0.1) is 0 Å². The van der Waals surface area contributed by atoms with Gasteiger partial charge in [-0.3, -0.25) is 0 Å². The summed E-state index contributed by atoms with van der Waals surface area (Å²) in [4.78, 5) is 0. The summed E-state index contributed by atoms with van der Waals surface area (Å²) in [6.45, 7) is 1.80. The molecule has 3 nitrogen and oxygen atoms in total. The van der Waals surface area contributed by atoms with Gasteiger partial charge in [-0.2, -0.15) is 5.26 Å². The second-order valence-electron chi connectivity index (χ2n) is 4.07. The molecule has 0 saturated heterocycles. The number of hydrogen-bond acceptors (Lipinski definition) is 3. The van der Waals surface area contributed by atoms with Crippen molar-refractivity contribution in [3.05, 3.63) is 58.9 Å². The Morgan fingerprint density at radius 2 is 2.11 bits per heavy atom. The Labute approximate surface area is 110 Å². The summed E-state index contributed by atoms with van der Waals surface area (Å²) in [5.74, 6) is 0.0687. The van der Waals surface area contributed by atoms with Crippen LogP contribution in [-0.2, 0) is 6.61 Å². The van der Waals surface area contributed by atoms with Gasteiger partial charge in [0.15, 0.2) is 0 Å². The molecule has 2 aromatic carbocycles. The molecule has 0 unspecified atom stereocenters. The highest BCUT2D eigenvalue weighted by molar-refractivity contribution is 5.46. The molecule has 4 heteroatoms. The van der Waals surface area contributed by atoms with Gasteiger partial charge in [-0.1, -0.05) is 12.1 Å². The molecule has 0 radical (unpaired) electrons. The molecule has 0 fully saturated rings. The lowest BCUT2D eigenvalue weighted by atomic mass is 10.1. The Bertz CT molecular complexity index is 647. The number of aliphatic hydroxyl groups excluding tert-OH is 1. The van der Waals surface area contributed by atoms with Crippen LogP contribution in [-0.4, -0.2) is 5.11 Å². The van der Waals surface area contributed by atoms with E-state index in [-0.39, 0.29) is 17.9 Å². The Hall–Kier alpha value is -2.38. The monoisotopic (exact) mass is 257 g/mol. The third-order valence-corrected chi connectivity index (χ3v) is 2.80. The number of aliphatic hydroxyl groups is 1. The SMILES string of the molecule is Cc1cc(Oc2cccc(F)c2C#N)ccc1CO. The molecule has 0 aromatic heterocycles. The highest BCUT2D eigenvalue weighted by Crippen LogP contribution is 2.27. The van der Waals surface area contributed by atoms with Gasteiger partial charge in [0.25, 0.3) is 0 Å². The van der Waals surface area contributed by atoms with E-state index in [1.165, 1.54) is 18.2 Å². The molecule has 0 atom stereocenters. The van der Waals surface area contributed by atoms with Crippen LogP contribution >= 0.6 is 0 Å². The van der Waals surface area contributed by atoms with Crippen molar-refractivity contribution in [2.75, 3.05) is 0 Å². The normalized spacial score (nSPS) is 10.0. The quantitative estimate of drug-likeness (QED) is 0.917. The molecular formula is C15H12FNO2. The molecule has 0 amide bonds. The molecule has 0 aliphatic carbocycles. The van der Waals surface area contributed by atoms with Gasteiger partial charge in [0.05, 0.1) is 6.61 Å². The van der Waals surface area contributed by atoms with Crippen molar-refractivity contribution >= 4 is 0 Å². The van der Waals surface area contributed by atoms with E-state index in [1.54, 1.807) is 24.3 Å². The van der Waals surface area contributed by atoms with E-state index in [4.69, 9.17) is 15.1 Å². The fraction of sp³-hybridized carbons (Fsp3) is 0.133.